The Hall–Kier alpha value is -1.59. The zero-order valence-corrected chi connectivity index (χ0v) is 11.8. The van der Waals surface area contributed by atoms with Gasteiger partial charge in [0.05, 0.1) is 6.54 Å². The Bertz CT molecular complexity index is 451. The van der Waals surface area contributed by atoms with Gasteiger partial charge in [0.15, 0.2) is 6.54 Å². The first kappa shape index (κ1) is 15.5. The lowest BCUT2D eigenvalue weighted by Gasteiger charge is -2.11. The number of hydrogen-bond donors (Lipinski definition) is 3. The monoisotopic (exact) mass is 284 g/mol. The van der Waals surface area contributed by atoms with Crippen LogP contribution in [0.3, 0.4) is 0 Å². The molecular formula is C13H19ClN3O2+. The van der Waals surface area contributed by atoms with Gasteiger partial charge in [-0.25, -0.2) is 0 Å². The average Bonchev–Trinajstić information content (AvgIpc) is 2.41. The number of likely N-dealkylation sites (N-methyl/N-ethyl adjacent to an activating group) is 1. The molecule has 104 valence electrons. The van der Waals surface area contributed by atoms with E-state index in [0.717, 1.165) is 5.56 Å². The van der Waals surface area contributed by atoms with Crippen molar-refractivity contribution >= 4 is 23.4 Å². The predicted octanol–water partition coefficient (Wildman–Crippen LogP) is -0.173. The quantitative estimate of drug-likeness (QED) is 0.678. The summed E-state index contributed by atoms with van der Waals surface area (Å²) in [6.07, 6.45) is 0. The molecule has 0 bridgehead atoms. The average molecular weight is 285 g/mol. The van der Waals surface area contributed by atoms with E-state index in [1.807, 2.05) is 36.5 Å². The van der Waals surface area contributed by atoms with Crippen molar-refractivity contribution < 1.29 is 14.9 Å². The van der Waals surface area contributed by atoms with Gasteiger partial charge in [-0.1, -0.05) is 23.7 Å². The fraction of sp³-hybridized carbons (Fsp3) is 0.385. The number of quaternary nitrogens is 1. The minimum Gasteiger partial charge on any atom is -0.358 e. The number of nitrogens with two attached hydrogens (primary N) is 1. The zero-order valence-electron chi connectivity index (χ0n) is 11.1. The summed E-state index contributed by atoms with van der Waals surface area (Å²) in [5.74, 6) is -0.381. The van der Waals surface area contributed by atoms with Crippen LogP contribution in [0.25, 0.3) is 0 Å². The number of amides is 2. The summed E-state index contributed by atoms with van der Waals surface area (Å²) in [7, 11) is 1.53. The highest BCUT2D eigenvalue weighted by Crippen LogP contribution is 2.14. The zero-order chi connectivity index (χ0) is 14.3. The second-order valence-electron chi connectivity index (χ2n) is 4.23. The Balaban J connectivity index is 2.35. The Morgan fingerprint density at radius 1 is 1.37 bits per heavy atom. The van der Waals surface area contributed by atoms with Crippen LogP contribution in [0.15, 0.2) is 24.3 Å². The second-order valence-corrected chi connectivity index (χ2v) is 4.67. The molecule has 1 aromatic carbocycles. The van der Waals surface area contributed by atoms with Crippen molar-refractivity contribution in [1.82, 2.24) is 10.6 Å². The lowest BCUT2D eigenvalue weighted by atomic mass is 10.1. The SMILES string of the molecule is CNC(=O)CNC(=O)C[NH2+][C@H](C)c1cccc(Cl)c1. The molecule has 0 saturated carbocycles. The van der Waals surface area contributed by atoms with Crippen LogP contribution in [0.2, 0.25) is 5.02 Å². The maximum atomic E-state index is 11.5. The lowest BCUT2D eigenvalue weighted by Crippen LogP contribution is -2.87. The molecule has 0 radical (unpaired) electrons. The maximum absolute atomic E-state index is 11.5. The van der Waals surface area contributed by atoms with Gasteiger partial charge >= 0.3 is 0 Å². The van der Waals surface area contributed by atoms with Crippen LogP contribution in [-0.2, 0) is 9.59 Å². The van der Waals surface area contributed by atoms with Crippen LogP contribution >= 0.6 is 11.6 Å². The number of hydrogen-bond acceptors (Lipinski definition) is 2. The molecule has 0 spiro atoms. The molecular weight excluding hydrogens is 266 g/mol. The Labute approximate surface area is 117 Å². The van der Waals surface area contributed by atoms with E-state index >= 15 is 0 Å². The van der Waals surface area contributed by atoms with Crippen molar-refractivity contribution in [3.8, 4) is 0 Å². The summed E-state index contributed by atoms with van der Waals surface area (Å²) >= 11 is 5.91. The van der Waals surface area contributed by atoms with Gasteiger partial charge in [0.25, 0.3) is 5.91 Å². The number of carbonyl (C=O) groups is 2. The first-order valence-electron chi connectivity index (χ1n) is 6.09. The molecule has 0 fully saturated rings. The third-order valence-electron chi connectivity index (χ3n) is 2.76. The fourth-order valence-electron chi connectivity index (χ4n) is 1.55. The Morgan fingerprint density at radius 3 is 2.74 bits per heavy atom. The Morgan fingerprint density at radius 2 is 2.11 bits per heavy atom. The van der Waals surface area contributed by atoms with Crippen LogP contribution in [0.5, 0.6) is 0 Å². The molecule has 1 rings (SSSR count). The third kappa shape index (κ3) is 5.72. The topological polar surface area (TPSA) is 74.8 Å². The first-order valence-corrected chi connectivity index (χ1v) is 6.46. The van der Waals surface area contributed by atoms with Crippen LogP contribution < -0.4 is 16.0 Å². The first-order chi connectivity index (χ1) is 9.02. The van der Waals surface area contributed by atoms with Crippen molar-refractivity contribution in [2.24, 2.45) is 0 Å². The minimum atomic E-state index is -0.212. The van der Waals surface area contributed by atoms with E-state index < -0.39 is 0 Å². The molecule has 6 heteroatoms. The van der Waals surface area contributed by atoms with Crippen LogP contribution in [-0.4, -0.2) is 32.0 Å². The fourth-order valence-corrected chi connectivity index (χ4v) is 1.75. The lowest BCUT2D eigenvalue weighted by molar-refractivity contribution is -0.682. The molecule has 0 saturated heterocycles. The molecule has 5 nitrogen and oxygen atoms in total. The van der Waals surface area contributed by atoms with E-state index in [-0.39, 0.29) is 30.9 Å². The largest absolute Gasteiger partial charge is 0.358 e. The van der Waals surface area contributed by atoms with E-state index in [2.05, 4.69) is 10.6 Å². The molecule has 19 heavy (non-hydrogen) atoms. The summed E-state index contributed by atoms with van der Waals surface area (Å²) in [6, 6.07) is 7.67. The highest BCUT2D eigenvalue weighted by molar-refractivity contribution is 6.30. The molecule has 0 aliphatic heterocycles. The molecule has 0 unspecified atom stereocenters. The molecule has 0 aliphatic rings. The minimum absolute atomic E-state index is 0.00865. The van der Waals surface area contributed by atoms with Crippen LogP contribution in [0, 0.1) is 0 Å². The normalized spacial score (nSPS) is 11.7. The summed E-state index contributed by atoms with van der Waals surface area (Å²) in [5.41, 5.74) is 1.06. The standard InChI is InChI=1S/C13H18ClN3O2/c1-9(10-4-3-5-11(14)6-10)16-8-13(19)17-7-12(18)15-2/h3-6,9,16H,7-8H2,1-2H3,(H,15,18)(H,17,19)/p+1/t9-/m1/s1. The van der Waals surface area contributed by atoms with Gasteiger partial charge in [0, 0.05) is 17.6 Å². The van der Waals surface area contributed by atoms with E-state index in [0.29, 0.717) is 5.02 Å². The van der Waals surface area contributed by atoms with Gasteiger partial charge in [-0.2, -0.15) is 0 Å². The van der Waals surface area contributed by atoms with Gasteiger partial charge in [-0.3, -0.25) is 9.59 Å². The highest BCUT2D eigenvalue weighted by Gasteiger charge is 2.12. The van der Waals surface area contributed by atoms with Crippen molar-refractivity contribution in [1.29, 1.82) is 0 Å². The number of nitrogens with one attached hydrogen (secondary N) is 2. The molecule has 1 atom stereocenters. The summed E-state index contributed by atoms with van der Waals surface area (Å²) < 4.78 is 0. The number of rotatable bonds is 6. The van der Waals surface area contributed by atoms with Crippen molar-refractivity contribution in [2.45, 2.75) is 13.0 Å². The number of halogens is 1. The van der Waals surface area contributed by atoms with Crippen molar-refractivity contribution in [2.75, 3.05) is 20.1 Å². The highest BCUT2D eigenvalue weighted by atomic mass is 35.5. The van der Waals surface area contributed by atoms with Crippen molar-refractivity contribution in [3.63, 3.8) is 0 Å². The van der Waals surface area contributed by atoms with Gasteiger partial charge < -0.3 is 16.0 Å². The molecule has 0 heterocycles. The van der Waals surface area contributed by atoms with Gasteiger partial charge in [-0.15, -0.1) is 0 Å². The van der Waals surface area contributed by atoms with E-state index in [9.17, 15) is 9.59 Å². The van der Waals surface area contributed by atoms with Crippen molar-refractivity contribution in [3.05, 3.63) is 34.9 Å². The van der Waals surface area contributed by atoms with Gasteiger partial charge in [0.1, 0.15) is 6.04 Å². The smallest absolute Gasteiger partial charge is 0.275 e. The van der Waals surface area contributed by atoms with Gasteiger partial charge in [0.2, 0.25) is 5.91 Å². The summed E-state index contributed by atoms with van der Waals surface area (Å²) in [6.45, 7) is 2.27. The van der Waals surface area contributed by atoms with Gasteiger partial charge in [-0.05, 0) is 19.1 Å². The van der Waals surface area contributed by atoms with E-state index in [1.54, 1.807) is 0 Å². The van der Waals surface area contributed by atoms with E-state index in [1.165, 1.54) is 7.05 Å². The van der Waals surface area contributed by atoms with E-state index in [4.69, 9.17) is 11.6 Å². The maximum Gasteiger partial charge on any atom is 0.275 e. The second kappa shape index (κ2) is 7.76. The summed E-state index contributed by atoms with van der Waals surface area (Å²) in [4.78, 5) is 22.5. The third-order valence-corrected chi connectivity index (χ3v) is 2.99. The molecule has 0 aliphatic carbocycles. The molecule has 0 aromatic heterocycles. The molecule has 4 N–H and O–H groups in total. The summed E-state index contributed by atoms with van der Waals surface area (Å²) in [5, 5.41) is 7.56. The number of carbonyl (C=O) groups excluding carboxylic acids is 2. The molecule has 2 amide bonds. The van der Waals surface area contributed by atoms with Crippen LogP contribution in [0.4, 0.5) is 0 Å². The van der Waals surface area contributed by atoms with Crippen LogP contribution in [0.1, 0.15) is 18.5 Å². The predicted molar refractivity (Wildman–Crippen MR) is 73.7 cm³/mol. The molecule has 1 aromatic rings. The number of benzene rings is 1. The Kier molecular flexibility index (Phi) is 6.32.